The third-order valence-corrected chi connectivity index (χ3v) is 4.17. The first kappa shape index (κ1) is 13.8. The van der Waals surface area contributed by atoms with Crippen LogP contribution in [0.1, 0.15) is 31.2 Å². The molecule has 0 atom stereocenters. The van der Waals surface area contributed by atoms with Crippen LogP contribution in [0, 0.1) is 11.3 Å². The molecule has 0 spiro atoms. The molecule has 1 N–H and O–H groups in total. The van der Waals surface area contributed by atoms with Crippen LogP contribution in [0.3, 0.4) is 0 Å². The van der Waals surface area contributed by atoms with Gasteiger partial charge >= 0.3 is 0 Å². The highest BCUT2D eigenvalue weighted by molar-refractivity contribution is 5.83. The lowest BCUT2D eigenvalue weighted by molar-refractivity contribution is 0.282. The SMILES string of the molecule is N#Cc1cc2ccccc2nc1N(CCCO)C1CCC1. The van der Waals surface area contributed by atoms with Crippen molar-refractivity contribution in [3.8, 4) is 6.07 Å². The fraction of sp³-hybridized carbons (Fsp3) is 0.412. The fourth-order valence-electron chi connectivity index (χ4n) is 2.81. The Hall–Kier alpha value is -2.12. The highest BCUT2D eigenvalue weighted by atomic mass is 16.3. The zero-order valence-corrected chi connectivity index (χ0v) is 12.0. The number of pyridine rings is 1. The molecule has 4 heteroatoms. The second kappa shape index (κ2) is 6.11. The Bertz CT molecular complexity index is 673. The van der Waals surface area contributed by atoms with Gasteiger partial charge in [-0.05, 0) is 37.8 Å². The summed E-state index contributed by atoms with van der Waals surface area (Å²) < 4.78 is 0. The molecule has 0 aliphatic heterocycles. The van der Waals surface area contributed by atoms with Crippen molar-refractivity contribution in [1.82, 2.24) is 4.98 Å². The number of nitrogens with zero attached hydrogens (tertiary/aromatic N) is 3. The van der Waals surface area contributed by atoms with Crippen LogP contribution in [0.15, 0.2) is 30.3 Å². The number of hydrogen-bond acceptors (Lipinski definition) is 4. The molecule has 21 heavy (non-hydrogen) atoms. The number of hydrogen-bond donors (Lipinski definition) is 1. The summed E-state index contributed by atoms with van der Waals surface area (Å²) in [7, 11) is 0. The fourth-order valence-corrected chi connectivity index (χ4v) is 2.81. The van der Waals surface area contributed by atoms with Gasteiger partial charge in [0.25, 0.3) is 0 Å². The van der Waals surface area contributed by atoms with Crippen molar-refractivity contribution in [3.63, 3.8) is 0 Å². The minimum Gasteiger partial charge on any atom is -0.396 e. The Kier molecular flexibility index (Phi) is 4.03. The molecular weight excluding hydrogens is 262 g/mol. The Morgan fingerprint density at radius 2 is 2.14 bits per heavy atom. The van der Waals surface area contributed by atoms with E-state index < -0.39 is 0 Å². The minimum atomic E-state index is 0.165. The van der Waals surface area contributed by atoms with Crippen LogP contribution in [0.5, 0.6) is 0 Å². The molecule has 1 aromatic carbocycles. The summed E-state index contributed by atoms with van der Waals surface area (Å²) in [4.78, 5) is 6.94. The third-order valence-electron chi connectivity index (χ3n) is 4.17. The molecule has 1 heterocycles. The molecule has 4 nitrogen and oxygen atoms in total. The molecule has 3 rings (SSSR count). The van der Waals surface area contributed by atoms with Gasteiger partial charge in [-0.1, -0.05) is 18.2 Å². The molecule has 0 saturated heterocycles. The van der Waals surface area contributed by atoms with Gasteiger partial charge in [-0.2, -0.15) is 5.26 Å². The van der Waals surface area contributed by atoms with Crippen LogP contribution < -0.4 is 4.90 Å². The summed E-state index contributed by atoms with van der Waals surface area (Å²) in [5.41, 5.74) is 1.54. The molecule has 1 aliphatic carbocycles. The van der Waals surface area contributed by atoms with Gasteiger partial charge in [-0.15, -0.1) is 0 Å². The average Bonchev–Trinajstić information content (AvgIpc) is 2.48. The van der Waals surface area contributed by atoms with Crippen LogP contribution in [0.2, 0.25) is 0 Å². The predicted molar refractivity (Wildman–Crippen MR) is 83.1 cm³/mol. The van der Waals surface area contributed by atoms with E-state index in [0.717, 1.165) is 36.1 Å². The quantitative estimate of drug-likeness (QED) is 0.915. The number of para-hydroxylation sites is 1. The van der Waals surface area contributed by atoms with E-state index >= 15 is 0 Å². The van der Waals surface area contributed by atoms with Crippen LogP contribution >= 0.6 is 0 Å². The number of aliphatic hydroxyl groups excluding tert-OH is 1. The maximum absolute atomic E-state index is 9.46. The number of fused-ring (bicyclic) bond motifs is 1. The number of anilines is 1. The van der Waals surface area contributed by atoms with Crippen molar-refractivity contribution in [3.05, 3.63) is 35.9 Å². The van der Waals surface area contributed by atoms with E-state index in [2.05, 4.69) is 11.0 Å². The summed E-state index contributed by atoms with van der Waals surface area (Å²) in [5, 5.41) is 19.6. The van der Waals surface area contributed by atoms with Gasteiger partial charge in [0.1, 0.15) is 11.9 Å². The first-order valence-electron chi connectivity index (χ1n) is 7.51. The number of aromatic nitrogens is 1. The van der Waals surface area contributed by atoms with Crippen molar-refractivity contribution in [2.45, 2.75) is 31.7 Å². The summed E-state index contributed by atoms with van der Waals surface area (Å²) in [6.07, 6.45) is 4.22. The number of aliphatic hydroxyl groups is 1. The summed E-state index contributed by atoms with van der Waals surface area (Å²) in [5.74, 6) is 0.773. The van der Waals surface area contributed by atoms with Gasteiger partial charge in [0.15, 0.2) is 0 Å². The molecule has 1 fully saturated rings. The lowest BCUT2D eigenvalue weighted by Crippen LogP contribution is -2.42. The zero-order chi connectivity index (χ0) is 14.7. The van der Waals surface area contributed by atoms with E-state index in [-0.39, 0.29) is 6.61 Å². The largest absolute Gasteiger partial charge is 0.396 e. The van der Waals surface area contributed by atoms with E-state index in [9.17, 15) is 5.26 Å². The molecule has 108 valence electrons. The smallest absolute Gasteiger partial charge is 0.147 e. The van der Waals surface area contributed by atoms with Gasteiger partial charge < -0.3 is 10.0 Å². The van der Waals surface area contributed by atoms with E-state index in [0.29, 0.717) is 18.0 Å². The monoisotopic (exact) mass is 281 g/mol. The Morgan fingerprint density at radius 1 is 1.33 bits per heavy atom. The third kappa shape index (κ3) is 2.70. The normalized spacial score (nSPS) is 14.7. The second-order valence-corrected chi connectivity index (χ2v) is 5.52. The first-order chi connectivity index (χ1) is 10.3. The van der Waals surface area contributed by atoms with Crippen molar-refractivity contribution in [1.29, 1.82) is 5.26 Å². The maximum Gasteiger partial charge on any atom is 0.147 e. The first-order valence-corrected chi connectivity index (χ1v) is 7.51. The number of nitriles is 1. The maximum atomic E-state index is 9.46. The Morgan fingerprint density at radius 3 is 2.81 bits per heavy atom. The summed E-state index contributed by atoms with van der Waals surface area (Å²) in [6, 6.07) is 12.5. The van der Waals surface area contributed by atoms with Crippen LogP contribution in [0.4, 0.5) is 5.82 Å². The molecule has 0 radical (unpaired) electrons. The average molecular weight is 281 g/mol. The van der Waals surface area contributed by atoms with Gasteiger partial charge in [-0.25, -0.2) is 4.98 Å². The molecule has 1 aliphatic rings. The summed E-state index contributed by atoms with van der Waals surface area (Å²) in [6.45, 7) is 0.917. The molecule has 1 saturated carbocycles. The number of benzene rings is 1. The molecule has 2 aromatic rings. The molecular formula is C17H19N3O. The number of rotatable bonds is 5. The van der Waals surface area contributed by atoms with E-state index in [1.165, 1.54) is 6.42 Å². The van der Waals surface area contributed by atoms with Gasteiger partial charge in [0.05, 0.1) is 11.1 Å². The predicted octanol–water partition coefficient (Wildman–Crippen LogP) is 2.85. The lowest BCUT2D eigenvalue weighted by atomic mass is 9.91. The highest BCUT2D eigenvalue weighted by Gasteiger charge is 2.27. The standard InChI is InChI=1S/C17H19N3O/c18-12-14-11-13-5-1-2-8-16(13)19-17(14)20(9-4-10-21)15-6-3-7-15/h1-2,5,8,11,15,21H,3-4,6-7,9-10H2. The Balaban J connectivity index is 2.04. The highest BCUT2D eigenvalue weighted by Crippen LogP contribution is 2.32. The van der Waals surface area contributed by atoms with Crippen LogP contribution in [-0.2, 0) is 0 Å². The van der Waals surface area contributed by atoms with Gasteiger partial charge in [0, 0.05) is 24.6 Å². The van der Waals surface area contributed by atoms with Gasteiger partial charge in [-0.3, -0.25) is 0 Å². The van der Waals surface area contributed by atoms with Crippen LogP contribution in [-0.4, -0.2) is 29.3 Å². The molecule has 0 unspecified atom stereocenters. The molecule has 1 aromatic heterocycles. The lowest BCUT2D eigenvalue weighted by Gasteiger charge is -2.39. The van der Waals surface area contributed by atoms with E-state index in [4.69, 9.17) is 10.1 Å². The van der Waals surface area contributed by atoms with E-state index in [1.54, 1.807) is 0 Å². The summed E-state index contributed by atoms with van der Waals surface area (Å²) >= 11 is 0. The zero-order valence-electron chi connectivity index (χ0n) is 12.0. The minimum absolute atomic E-state index is 0.165. The molecule has 0 bridgehead atoms. The second-order valence-electron chi connectivity index (χ2n) is 5.52. The van der Waals surface area contributed by atoms with Crippen molar-refractivity contribution < 1.29 is 5.11 Å². The Labute approximate surface area is 124 Å². The van der Waals surface area contributed by atoms with Gasteiger partial charge in [0.2, 0.25) is 0 Å². The van der Waals surface area contributed by atoms with Crippen molar-refractivity contribution in [2.24, 2.45) is 0 Å². The topological polar surface area (TPSA) is 60.2 Å². The van der Waals surface area contributed by atoms with E-state index in [1.807, 2.05) is 30.3 Å². The van der Waals surface area contributed by atoms with Crippen LogP contribution in [0.25, 0.3) is 10.9 Å². The van der Waals surface area contributed by atoms with Crippen molar-refractivity contribution in [2.75, 3.05) is 18.1 Å². The molecule has 0 amide bonds. The van der Waals surface area contributed by atoms with Crippen molar-refractivity contribution >= 4 is 16.7 Å².